The van der Waals surface area contributed by atoms with Crippen molar-refractivity contribution < 1.29 is 13.6 Å². The number of rotatable bonds is 12. The van der Waals surface area contributed by atoms with Gasteiger partial charge in [-0.2, -0.15) is 0 Å². The molecule has 0 fully saturated rings. The number of Topliss-reactive ketones (excluding diaryl/α,β-unsaturated/α-hetero) is 1. The molecular weight excluding hydrogens is 693 g/mol. The van der Waals surface area contributed by atoms with E-state index < -0.39 is 16.6 Å². The van der Waals surface area contributed by atoms with E-state index in [0.717, 1.165) is 22.6 Å². The van der Waals surface area contributed by atoms with Crippen molar-refractivity contribution in [2.75, 3.05) is 0 Å². The van der Waals surface area contributed by atoms with Crippen LogP contribution in [0.3, 0.4) is 0 Å². The maximum Gasteiger partial charge on any atom is 0.319 e. The van der Waals surface area contributed by atoms with Crippen LogP contribution in [0.25, 0.3) is 0 Å². The molecule has 0 saturated heterocycles. The average Bonchev–Trinajstić information content (AvgIpc) is 3.19. The molecule has 2 unspecified atom stereocenters. The fraction of sp³-hybridized carbons (Fsp3) is 0.245. The smallest absolute Gasteiger partial charge is 0.319 e. The first-order valence-electron chi connectivity index (χ1n) is 19.1. The zero-order valence-electron chi connectivity index (χ0n) is 33.0. The molecule has 5 heteroatoms. The van der Waals surface area contributed by atoms with E-state index in [2.05, 4.69) is 187 Å². The fourth-order valence-corrected chi connectivity index (χ4v) is 16.8. The summed E-state index contributed by atoms with van der Waals surface area (Å²) in [6.07, 6.45) is 0. The van der Waals surface area contributed by atoms with E-state index in [4.69, 9.17) is 8.85 Å². The Kier molecular flexibility index (Phi) is 11.3. The molecule has 6 aromatic rings. The van der Waals surface area contributed by atoms with Gasteiger partial charge in [-0.15, -0.1) is 0 Å². The van der Waals surface area contributed by atoms with Gasteiger partial charge in [0.1, 0.15) is 17.3 Å². The number of hydrogen-bond acceptors (Lipinski definition) is 3. The van der Waals surface area contributed by atoms with Crippen LogP contribution in [0.4, 0.5) is 0 Å². The van der Waals surface area contributed by atoms with Crippen molar-refractivity contribution in [1.82, 2.24) is 0 Å². The van der Waals surface area contributed by atoms with Gasteiger partial charge in [-0.1, -0.05) is 201 Å². The van der Waals surface area contributed by atoms with Crippen LogP contribution in [0.5, 0.6) is 11.5 Å². The van der Waals surface area contributed by atoms with E-state index in [-0.39, 0.29) is 27.7 Å². The van der Waals surface area contributed by atoms with E-state index in [9.17, 15) is 4.79 Å². The number of ketones is 1. The monoisotopic (exact) mass is 746 g/mol. The van der Waals surface area contributed by atoms with Crippen LogP contribution in [0.2, 0.25) is 10.1 Å². The Hall–Kier alpha value is -4.98. The van der Waals surface area contributed by atoms with Crippen LogP contribution in [0.15, 0.2) is 170 Å². The normalized spacial score (nSPS) is 13.5. The van der Waals surface area contributed by atoms with Crippen LogP contribution in [-0.2, 0) is 4.79 Å². The third-order valence-corrected chi connectivity index (χ3v) is 20.9. The molecule has 3 nitrogen and oxygen atoms in total. The predicted molar refractivity (Wildman–Crippen MR) is 231 cm³/mol. The van der Waals surface area contributed by atoms with Crippen LogP contribution in [-0.4, -0.2) is 22.4 Å². The largest absolute Gasteiger partial charge is 0.534 e. The van der Waals surface area contributed by atoms with Crippen LogP contribution < -0.4 is 29.6 Å². The molecule has 0 saturated carbocycles. The summed E-state index contributed by atoms with van der Waals surface area (Å²) < 4.78 is 14.4. The zero-order chi connectivity index (χ0) is 38.6. The summed E-state index contributed by atoms with van der Waals surface area (Å²) in [6, 6.07) is 59.1. The third kappa shape index (κ3) is 7.53. The van der Waals surface area contributed by atoms with E-state index >= 15 is 0 Å². The summed E-state index contributed by atoms with van der Waals surface area (Å²) in [5.41, 5.74) is 1.96. The molecule has 0 amide bonds. The number of hydrogen-bond donors (Lipinski definition) is 0. The Morgan fingerprint density at radius 3 is 0.870 bits per heavy atom. The number of carbonyl (C=O) groups is 1. The standard InChI is InChI=1S/C49H54O3Si2/c1-37(39-29-33-41(34-30-39)51-53(48(3,4)5,43-21-13-9-14-22-43)44-23-15-10-16-24-44)47(50)38(2)40-31-35-42(36-32-40)52-54(49(6,7)8,45-25-17-11-18-26-45)46-27-19-12-20-28-46/h9-38H,1-8H3. The highest BCUT2D eigenvalue weighted by molar-refractivity contribution is 7.00. The molecule has 0 spiro atoms. The molecule has 0 heterocycles. The van der Waals surface area contributed by atoms with Gasteiger partial charge in [0, 0.05) is 11.8 Å². The first kappa shape index (κ1) is 38.7. The van der Waals surface area contributed by atoms with Gasteiger partial charge in [0.15, 0.2) is 0 Å². The Bertz CT molecular complexity index is 1870. The van der Waals surface area contributed by atoms with E-state index in [1.807, 2.05) is 38.1 Å². The lowest BCUT2D eigenvalue weighted by Gasteiger charge is -2.43. The molecule has 0 bridgehead atoms. The minimum atomic E-state index is -2.76. The molecule has 0 N–H and O–H groups in total. The molecule has 0 aliphatic rings. The minimum absolute atomic E-state index is 0.146. The van der Waals surface area contributed by atoms with Crippen molar-refractivity contribution in [3.05, 3.63) is 181 Å². The number of benzene rings is 6. The molecule has 0 aromatic heterocycles. The van der Waals surface area contributed by atoms with Crippen LogP contribution in [0, 0.1) is 0 Å². The second-order valence-electron chi connectivity index (χ2n) is 16.5. The van der Waals surface area contributed by atoms with Gasteiger partial charge >= 0.3 is 16.6 Å². The minimum Gasteiger partial charge on any atom is -0.534 e. The van der Waals surface area contributed by atoms with Gasteiger partial charge in [0.05, 0.1) is 0 Å². The third-order valence-electron chi connectivity index (χ3n) is 11.0. The van der Waals surface area contributed by atoms with E-state index in [1.165, 1.54) is 20.7 Å². The topological polar surface area (TPSA) is 35.5 Å². The van der Waals surface area contributed by atoms with Gasteiger partial charge in [0.2, 0.25) is 0 Å². The molecule has 276 valence electrons. The zero-order valence-corrected chi connectivity index (χ0v) is 35.0. The maximum atomic E-state index is 14.0. The lowest BCUT2D eigenvalue weighted by Crippen LogP contribution is -2.68. The second-order valence-corrected chi connectivity index (χ2v) is 25.0. The van der Waals surface area contributed by atoms with E-state index in [1.54, 1.807) is 0 Å². The quantitative estimate of drug-likeness (QED) is 0.117. The highest BCUT2D eigenvalue weighted by Gasteiger charge is 2.53. The van der Waals surface area contributed by atoms with Gasteiger partial charge in [-0.25, -0.2) is 0 Å². The Labute approximate surface area is 325 Å². The lowest BCUT2D eigenvalue weighted by atomic mass is 9.86. The summed E-state index contributed by atoms with van der Waals surface area (Å²) >= 11 is 0. The highest BCUT2D eigenvalue weighted by Crippen LogP contribution is 2.39. The fourth-order valence-electron chi connectivity index (χ4n) is 8.00. The van der Waals surface area contributed by atoms with Gasteiger partial charge in [-0.05, 0) is 66.2 Å². The first-order chi connectivity index (χ1) is 25.8. The summed E-state index contributed by atoms with van der Waals surface area (Å²) in [4.78, 5) is 14.0. The Balaban J connectivity index is 1.23. The van der Waals surface area contributed by atoms with Gasteiger partial charge in [0.25, 0.3) is 0 Å². The molecule has 2 atom stereocenters. The summed E-state index contributed by atoms with van der Waals surface area (Å²) in [6.45, 7) is 17.7. The van der Waals surface area contributed by atoms with Crippen molar-refractivity contribution in [3.63, 3.8) is 0 Å². The van der Waals surface area contributed by atoms with Crippen LogP contribution in [0.1, 0.15) is 78.4 Å². The second kappa shape index (κ2) is 15.8. The molecule has 6 rings (SSSR count). The maximum absolute atomic E-state index is 14.0. The SMILES string of the molecule is CC(C(=O)C(C)c1ccc(O[Si](c2ccccc2)(c2ccccc2)C(C)(C)C)cc1)c1ccc(O[Si](c2ccccc2)(c2ccccc2)C(C)(C)C)cc1. The Morgan fingerprint density at radius 2 is 0.648 bits per heavy atom. The molecule has 6 aromatic carbocycles. The lowest BCUT2D eigenvalue weighted by molar-refractivity contribution is -0.121. The van der Waals surface area contributed by atoms with Crippen molar-refractivity contribution in [1.29, 1.82) is 0 Å². The molecule has 0 radical (unpaired) electrons. The molecular formula is C49H54O3Si2. The van der Waals surface area contributed by atoms with Crippen molar-refractivity contribution in [2.24, 2.45) is 0 Å². The van der Waals surface area contributed by atoms with Crippen molar-refractivity contribution in [3.8, 4) is 11.5 Å². The summed E-state index contributed by atoms with van der Waals surface area (Å²) in [5, 5.41) is 4.63. The Morgan fingerprint density at radius 1 is 0.407 bits per heavy atom. The summed E-state index contributed by atoms with van der Waals surface area (Å²) in [5.74, 6) is 1.25. The number of carbonyl (C=O) groups excluding carboxylic acids is 1. The van der Waals surface area contributed by atoms with Crippen LogP contribution >= 0.6 is 0 Å². The van der Waals surface area contributed by atoms with E-state index in [0.29, 0.717) is 0 Å². The van der Waals surface area contributed by atoms with Crippen molar-refractivity contribution >= 4 is 43.2 Å². The predicted octanol–water partition coefficient (Wildman–Crippen LogP) is 10.0. The first-order valence-corrected chi connectivity index (χ1v) is 22.9. The molecule has 54 heavy (non-hydrogen) atoms. The average molecular weight is 747 g/mol. The molecule has 0 aliphatic carbocycles. The summed E-state index contributed by atoms with van der Waals surface area (Å²) in [7, 11) is -5.53. The molecule has 0 aliphatic heterocycles. The van der Waals surface area contributed by atoms with Gasteiger partial charge < -0.3 is 8.85 Å². The van der Waals surface area contributed by atoms with Gasteiger partial charge in [-0.3, -0.25) is 4.79 Å². The highest BCUT2D eigenvalue weighted by atomic mass is 28.4. The van der Waals surface area contributed by atoms with Crippen molar-refractivity contribution in [2.45, 2.75) is 77.3 Å².